The van der Waals surface area contributed by atoms with E-state index in [4.69, 9.17) is 4.98 Å². The number of carbonyl (C=O) groups excluding carboxylic acids is 1. The molecular formula is C25H35N7O2. The fraction of sp³-hybridized carbons (Fsp3) is 0.520. The Kier molecular flexibility index (Phi) is 7.74. The smallest absolute Gasteiger partial charge is 0.252 e. The van der Waals surface area contributed by atoms with Gasteiger partial charge in [-0.3, -0.25) is 24.0 Å². The topological polar surface area (TPSA) is 86.6 Å². The van der Waals surface area contributed by atoms with Crippen molar-refractivity contribution in [3.05, 3.63) is 53.5 Å². The zero-order chi connectivity index (χ0) is 24.1. The van der Waals surface area contributed by atoms with Gasteiger partial charge in [-0.05, 0) is 25.1 Å². The van der Waals surface area contributed by atoms with Crippen LogP contribution in [0, 0.1) is 0 Å². The lowest BCUT2D eigenvalue weighted by Gasteiger charge is -2.41. The Morgan fingerprint density at radius 3 is 2.85 bits per heavy atom. The molecule has 1 N–H and O–H groups in total. The van der Waals surface area contributed by atoms with Crippen molar-refractivity contribution in [2.45, 2.75) is 38.9 Å². The summed E-state index contributed by atoms with van der Waals surface area (Å²) in [7, 11) is 0. The van der Waals surface area contributed by atoms with Crippen molar-refractivity contribution in [2.24, 2.45) is 0 Å². The minimum absolute atomic E-state index is 0.0185. The lowest BCUT2D eigenvalue weighted by atomic mass is 10.1. The van der Waals surface area contributed by atoms with Gasteiger partial charge in [0, 0.05) is 69.5 Å². The van der Waals surface area contributed by atoms with E-state index in [1.807, 2.05) is 4.90 Å². The first kappa shape index (κ1) is 24.1. The number of rotatable bonds is 8. The van der Waals surface area contributed by atoms with Crippen LogP contribution in [0.5, 0.6) is 0 Å². The van der Waals surface area contributed by atoms with Crippen molar-refractivity contribution >= 4 is 22.9 Å². The summed E-state index contributed by atoms with van der Waals surface area (Å²) in [5.74, 6) is 0.511. The highest BCUT2D eigenvalue weighted by atomic mass is 16.2. The third-order valence-corrected chi connectivity index (χ3v) is 6.84. The number of anilines is 1. The first-order chi connectivity index (χ1) is 16.5. The lowest BCUT2D eigenvalue weighted by molar-refractivity contribution is -0.129. The first-order valence-electron chi connectivity index (χ1n) is 12.2. The number of carbonyl (C=O) groups is 1. The molecule has 0 aromatic carbocycles. The molecule has 0 bridgehead atoms. The number of aromatic nitrogens is 3. The SMILES string of the molecule is C=CC(=O)N1CCN(CCn2c(=O)ccc3cnc(NC4C=CCN(CC)C4)nc32)[C@@H](CC)C1. The molecule has 1 fully saturated rings. The maximum Gasteiger partial charge on any atom is 0.252 e. The number of piperazine rings is 1. The van der Waals surface area contributed by atoms with Crippen LogP contribution in [-0.2, 0) is 11.3 Å². The summed E-state index contributed by atoms with van der Waals surface area (Å²) >= 11 is 0. The highest BCUT2D eigenvalue weighted by molar-refractivity contribution is 5.87. The second-order valence-electron chi connectivity index (χ2n) is 8.91. The van der Waals surface area contributed by atoms with Gasteiger partial charge in [0.1, 0.15) is 5.65 Å². The summed E-state index contributed by atoms with van der Waals surface area (Å²) in [6.07, 6.45) is 8.41. The Bertz CT molecular complexity index is 1110. The molecule has 34 heavy (non-hydrogen) atoms. The molecule has 1 unspecified atom stereocenters. The number of fused-ring (bicyclic) bond motifs is 1. The van der Waals surface area contributed by atoms with Gasteiger partial charge in [-0.2, -0.15) is 4.98 Å². The fourth-order valence-corrected chi connectivity index (χ4v) is 4.79. The van der Waals surface area contributed by atoms with E-state index in [2.05, 4.69) is 52.7 Å². The van der Waals surface area contributed by atoms with E-state index >= 15 is 0 Å². The summed E-state index contributed by atoms with van der Waals surface area (Å²) in [5.41, 5.74) is 0.575. The van der Waals surface area contributed by atoms with Gasteiger partial charge in [-0.15, -0.1) is 0 Å². The number of nitrogens with zero attached hydrogens (tertiary/aromatic N) is 6. The zero-order valence-electron chi connectivity index (χ0n) is 20.2. The normalized spacial score (nSPS) is 21.6. The van der Waals surface area contributed by atoms with Crippen LogP contribution in [0.15, 0.2) is 47.9 Å². The molecule has 2 atom stereocenters. The van der Waals surface area contributed by atoms with Crippen LogP contribution in [0.2, 0.25) is 0 Å². The minimum atomic E-state index is -0.0691. The number of nitrogens with one attached hydrogen (secondary N) is 1. The van der Waals surface area contributed by atoms with Crippen LogP contribution in [-0.4, -0.2) is 93.0 Å². The predicted octanol–water partition coefficient (Wildman–Crippen LogP) is 1.57. The monoisotopic (exact) mass is 465 g/mol. The molecule has 2 aromatic rings. The Morgan fingerprint density at radius 1 is 1.24 bits per heavy atom. The summed E-state index contributed by atoms with van der Waals surface area (Å²) in [6.45, 7) is 14.1. The molecule has 9 nitrogen and oxygen atoms in total. The first-order valence-corrected chi connectivity index (χ1v) is 12.2. The molecule has 0 aliphatic carbocycles. The van der Waals surface area contributed by atoms with Gasteiger partial charge < -0.3 is 10.2 Å². The molecule has 0 saturated carbocycles. The summed E-state index contributed by atoms with van der Waals surface area (Å²) in [4.78, 5) is 40.6. The van der Waals surface area contributed by atoms with Crippen LogP contribution >= 0.6 is 0 Å². The highest BCUT2D eigenvalue weighted by Gasteiger charge is 2.27. The Morgan fingerprint density at radius 2 is 2.09 bits per heavy atom. The molecule has 9 heteroatoms. The number of hydrogen-bond acceptors (Lipinski definition) is 7. The van der Waals surface area contributed by atoms with Crippen molar-refractivity contribution in [1.29, 1.82) is 0 Å². The number of hydrogen-bond donors (Lipinski definition) is 1. The number of amides is 1. The molecule has 1 saturated heterocycles. The molecule has 4 rings (SSSR count). The molecular weight excluding hydrogens is 430 g/mol. The summed E-state index contributed by atoms with van der Waals surface area (Å²) in [6, 6.07) is 3.76. The molecule has 182 valence electrons. The van der Waals surface area contributed by atoms with Crippen molar-refractivity contribution in [2.75, 3.05) is 51.1 Å². The van der Waals surface area contributed by atoms with E-state index in [1.54, 1.807) is 22.9 Å². The highest BCUT2D eigenvalue weighted by Crippen LogP contribution is 2.16. The Labute approximate surface area is 200 Å². The third kappa shape index (κ3) is 5.37. The molecule has 2 aliphatic heterocycles. The molecule has 2 aliphatic rings. The van der Waals surface area contributed by atoms with E-state index in [9.17, 15) is 9.59 Å². The van der Waals surface area contributed by atoms with Gasteiger partial charge in [0.15, 0.2) is 0 Å². The Hall–Kier alpha value is -3.04. The van der Waals surface area contributed by atoms with E-state index in [0.29, 0.717) is 31.2 Å². The summed E-state index contributed by atoms with van der Waals surface area (Å²) < 4.78 is 1.74. The van der Waals surface area contributed by atoms with Crippen LogP contribution in [0.4, 0.5) is 5.95 Å². The molecule has 2 aromatic heterocycles. The minimum Gasteiger partial charge on any atom is -0.347 e. The van der Waals surface area contributed by atoms with Gasteiger partial charge >= 0.3 is 0 Å². The van der Waals surface area contributed by atoms with Gasteiger partial charge in [-0.1, -0.05) is 32.6 Å². The molecule has 4 heterocycles. The maximum absolute atomic E-state index is 12.8. The lowest BCUT2D eigenvalue weighted by Crippen LogP contribution is -2.55. The third-order valence-electron chi connectivity index (χ3n) is 6.84. The van der Waals surface area contributed by atoms with Gasteiger partial charge in [0.05, 0.1) is 6.04 Å². The average molecular weight is 466 g/mol. The average Bonchev–Trinajstić information content (AvgIpc) is 2.87. The van der Waals surface area contributed by atoms with Crippen molar-refractivity contribution in [1.82, 2.24) is 29.2 Å². The van der Waals surface area contributed by atoms with Crippen LogP contribution in [0.25, 0.3) is 11.0 Å². The number of pyridine rings is 1. The van der Waals surface area contributed by atoms with Crippen LogP contribution < -0.4 is 10.9 Å². The quantitative estimate of drug-likeness (QED) is 0.468. The molecule has 1 amide bonds. The predicted molar refractivity (Wildman–Crippen MR) is 135 cm³/mol. The maximum atomic E-state index is 12.8. The van der Waals surface area contributed by atoms with E-state index in [0.717, 1.165) is 44.5 Å². The van der Waals surface area contributed by atoms with Gasteiger partial charge in [-0.25, -0.2) is 4.98 Å². The number of likely N-dealkylation sites (N-methyl/N-ethyl adjacent to an activating group) is 1. The second-order valence-corrected chi connectivity index (χ2v) is 8.91. The largest absolute Gasteiger partial charge is 0.347 e. The summed E-state index contributed by atoms with van der Waals surface area (Å²) in [5, 5.41) is 4.25. The van der Waals surface area contributed by atoms with Crippen LogP contribution in [0.3, 0.4) is 0 Å². The zero-order valence-corrected chi connectivity index (χ0v) is 20.2. The second kappa shape index (κ2) is 10.9. The van der Waals surface area contributed by atoms with Crippen molar-refractivity contribution in [3.8, 4) is 0 Å². The Balaban J connectivity index is 1.50. The van der Waals surface area contributed by atoms with E-state index in [-0.39, 0.29) is 23.6 Å². The standard InChI is InChI=1S/C25H35N7O2/c1-4-21-18-31(22(33)5-2)13-12-30(21)14-15-32-23(34)10-9-19-16-26-25(28-24(19)32)27-20-8-7-11-29(6-3)17-20/h5,7-10,16,20-21H,2,4,6,11-15,17-18H2,1,3H3,(H,26,27,28)/t20?,21-/m0/s1. The van der Waals surface area contributed by atoms with Crippen LogP contribution in [0.1, 0.15) is 20.3 Å². The molecule has 0 spiro atoms. The van der Waals surface area contributed by atoms with Gasteiger partial charge in [0.25, 0.3) is 5.56 Å². The van der Waals surface area contributed by atoms with E-state index in [1.165, 1.54) is 6.08 Å². The van der Waals surface area contributed by atoms with Crippen molar-refractivity contribution < 1.29 is 4.79 Å². The van der Waals surface area contributed by atoms with Crippen molar-refractivity contribution in [3.63, 3.8) is 0 Å². The van der Waals surface area contributed by atoms with Gasteiger partial charge in [0.2, 0.25) is 11.9 Å². The molecule has 0 radical (unpaired) electrons. The van der Waals surface area contributed by atoms with E-state index < -0.39 is 0 Å². The fourth-order valence-electron chi connectivity index (χ4n) is 4.79.